The molecule has 16 heavy (non-hydrogen) atoms. The average molecular weight is 308 g/mol. The number of hydrogen-bond acceptors (Lipinski definition) is 1. The topological polar surface area (TPSA) is 17.8 Å². The number of aromatic nitrogens is 2. The zero-order chi connectivity index (χ0) is 12.1. The SMILES string of the molecule is CCCn1ncc(Br)c1CCC(Cl)C(C)C. The molecule has 0 saturated heterocycles. The Morgan fingerprint density at radius 3 is 2.75 bits per heavy atom. The Morgan fingerprint density at radius 1 is 1.50 bits per heavy atom. The second-order valence-corrected chi connectivity index (χ2v) is 5.88. The summed E-state index contributed by atoms with van der Waals surface area (Å²) in [5.41, 5.74) is 1.27. The number of hydrogen-bond donors (Lipinski definition) is 0. The van der Waals surface area contributed by atoms with Crippen molar-refractivity contribution in [3.05, 3.63) is 16.4 Å². The minimum absolute atomic E-state index is 0.247. The summed E-state index contributed by atoms with van der Waals surface area (Å²) in [5, 5.41) is 4.60. The highest BCUT2D eigenvalue weighted by molar-refractivity contribution is 9.10. The molecule has 0 amide bonds. The molecule has 1 aromatic heterocycles. The van der Waals surface area contributed by atoms with Crippen molar-refractivity contribution < 1.29 is 0 Å². The molecule has 0 bridgehead atoms. The van der Waals surface area contributed by atoms with E-state index in [-0.39, 0.29) is 5.38 Å². The number of aryl methyl sites for hydroxylation is 1. The second kappa shape index (κ2) is 6.65. The summed E-state index contributed by atoms with van der Waals surface area (Å²) in [6.07, 6.45) is 4.99. The van der Waals surface area contributed by atoms with Crippen LogP contribution in [0.2, 0.25) is 0 Å². The van der Waals surface area contributed by atoms with Crippen LogP contribution >= 0.6 is 27.5 Å². The van der Waals surface area contributed by atoms with Gasteiger partial charge in [-0.3, -0.25) is 4.68 Å². The Labute approximate surface area is 111 Å². The zero-order valence-corrected chi connectivity index (χ0v) is 12.6. The minimum atomic E-state index is 0.247. The van der Waals surface area contributed by atoms with Gasteiger partial charge in [0.1, 0.15) is 0 Å². The van der Waals surface area contributed by atoms with Crippen molar-refractivity contribution in [2.45, 2.75) is 52.0 Å². The highest BCUT2D eigenvalue weighted by atomic mass is 79.9. The Hall–Kier alpha value is -0.0200. The van der Waals surface area contributed by atoms with E-state index in [0.29, 0.717) is 5.92 Å². The van der Waals surface area contributed by atoms with Gasteiger partial charge < -0.3 is 0 Å². The monoisotopic (exact) mass is 306 g/mol. The summed E-state index contributed by atoms with van der Waals surface area (Å²) >= 11 is 9.82. The van der Waals surface area contributed by atoms with Crippen molar-refractivity contribution in [1.82, 2.24) is 9.78 Å². The maximum Gasteiger partial charge on any atom is 0.0635 e. The smallest absolute Gasteiger partial charge is 0.0635 e. The van der Waals surface area contributed by atoms with E-state index in [1.807, 2.05) is 6.20 Å². The molecule has 1 atom stereocenters. The van der Waals surface area contributed by atoms with E-state index in [2.05, 4.69) is 46.5 Å². The molecule has 1 rings (SSSR count). The Bertz CT molecular complexity index is 323. The van der Waals surface area contributed by atoms with E-state index in [1.54, 1.807) is 0 Å². The molecule has 1 aromatic rings. The molecule has 0 aliphatic heterocycles. The quantitative estimate of drug-likeness (QED) is 0.718. The molecular weight excluding hydrogens is 288 g/mol. The van der Waals surface area contributed by atoms with Crippen LogP contribution in [0.5, 0.6) is 0 Å². The van der Waals surface area contributed by atoms with Crippen molar-refractivity contribution in [2.75, 3.05) is 0 Å². The van der Waals surface area contributed by atoms with Gasteiger partial charge in [-0.15, -0.1) is 11.6 Å². The summed E-state index contributed by atoms with van der Waals surface area (Å²) in [6.45, 7) is 7.47. The molecule has 1 heterocycles. The van der Waals surface area contributed by atoms with Crippen LogP contribution in [-0.4, -0.2) is 15.2 Å². The van der Waals surface area contributed by atoms with Gasteiger partial charge in [-0.2, -0.15) is 5.10 Å². The molecule has 92 valence electrons. The fraction of sp³-hybridized carbons (Fsp3) is 0.750. The first-order valence-electron chi connectivity index (χ1n) is 5.90. The molecule has 2 nitrogen and oxygen atoms in total. The molecule has 4 heteroatoms. The van der Waals surface area contributed by atoms with E-state index in [4.69, 9.17) is 11.6 Å². The molecule has 0 N–H and O–H groups in total. The van der Waals surface area contributed by atoms with Crippen LogP contribution in [0.25, 0.3) is 0 Å². The molecule has 0 fully saturated rings. The fourth-order valence-corrected chi connectivity index (χ4v) is 2.25. The highest BCUT2D eigenvalue weighted by Gasteiger charge is 2.13. The molecular formula is C12H20BrClN2. The van der Waals surface area contributed by atoms with E-state index in [0.717, 1.165) is 30.3 Å². The Morgan fingerprint density at radius 2 is 2.19 bits per heavy atom. The molecule has 0 radical (unpaired) electrons. The van der Waals surface area contributed by atoms with E-state index in [1.165, 1.54) is 5.69 Å². The van der Waals surface area contributed by atoms with Crippen LogP contribution in [0, 0.1) is 5.92 Å². The van der Waals surface area contributed by atoms with Crippen molar-refractivity contribution >= 4 is 27.5 Å². The molecule has 0 saturated carbocycles. The fourth-order valence-electron chi connectivity index (χ4n) is 1.65. The first-order chi connectivity index (χ1) is 7.56. The lowest BCUT2D eigenvalue weighted by molar-refractivity contribution is 0.530. The first kappa shape index (κ1) is 14.0. The van der Waals surface area contributed by atoms with Gasteiger partial charge in [0.05, 0.1) is 16.4 Å². The number of alkyl halides is 1. The largest absolute Gasteiger partial charge is 0.268 e. The summed E-state index contributed by atoms with van der Waals surface area (Å²) in [7, 11) is 0. The molecule has 1 unspecified atom stereocenters. The number of nitrogens with zero attached hydrogens (tertiary/aromatic N) is 2. The predicted molar refractivity (Wildman–Crippen MR) is 73.0 cm³/mol. The third kappa shape index (κ3) is 3.77. The van der Waals surface area contributed by atoms with Crippen LogP contribution in [0.3, 0.4) is 0 Å². The Kier molecular flexibility index (Phi) is 5.84. The minimum Gasteiger partial charge on any atom is -0.268 e. The molecule has 0 aliphatic rings. The second-order valence-electron chi connectivity index (χ2n) is 4.46. The lowest BCUT2D eigenvalue weighted by Gasteiger charge is -2.14. The third-order valence-electron chi connectivity index (χ3n) is 2.71. The Balaban J connectivity index is 2.61. The first-order valence-corrected chi connectivity index (χ1v) is 7.13. The van der Waals surface area contributed by atoms with Gasteiger partial charge in [-0.1, -0.05) is 20.8 Å². The summed E-state index contributed by atoms with van der Waals surface area (Å²) in [6, 6.07) is 0. The van der Waals surface area contributed by atoms with Gasteiger partial charge in [-0.05, 0) is 41.1 Å². The average Bonchev–Trinajstić information content (AvgIpc) is 2.57. The highest BCUT2D eigenvalue weighted by Crippen LogP contribution is 2.22. The van der Waals surface area contributed by atoms with Gasteiger partial charge in [0.15, 0.2) is 0 Å². The standard InChI is InChI=1S/C12H20BrClN2/c1-4-7-16-12(10(13)8-15-16)6-5-11(14)9(2)3/h8-9,11H,4-7H2,1-3H3. The van der Waals surface area contributed by atoms with Crippen molar-refractivity contribution in [1.29, 1.82) is 0 Å². The van der Waals surface area contributed by atoms with Gasteiger partial charge >= 0.3 is 0 Å². The zero-order valence-electron chi connectivity index (χ0n) is 10.2. The van der Waals surface area contributed by atoms with Crippen molar-refractivity contribution in [2.24, 2.45) is 5.92 Å². The molecule has 0 aliphatic carbocycles. The van der Waals surface area contributed by atoms with Gasteiger partial charge in [0, 0.05) is 11.9 Å². The van der Waals surface area contributed by atoms with Crippen LogP contribution in [0.15, 0.2) is 10.7 Å². The van der Waals surface area contributed by atoms with Crippen LogP contribution in [-0.2, 0) is 13.0 Å². The van der Waals surface area contributed by atoms with Crippen LogP contribution in [0.4, 0.5) is 0 Å². The predicted octanol–water partition coefficient (Wildman–Crippen LogP) is 4.25. The molecule has 0 aromatic carbocycles. The lowest BCUT2D eigenvalue weighted by Crippen LogP contribution is -2.11. The van der Waals surface area contributed by atoms with Gasteiger partial charge in [0.25, 0.3) is 0 Å². The number of rotatable bonds is 6. The van der Waals surface area contributed by atoms with Gasteiger partial charge in [0.2, 0.25) is 0 Å². The van der Waals surface area contributed by atoms with E-state index in [9.17, 15) is 0 Å². The van der Waals surface area contributed by atoms with Crippen LogP contribution in [0.1, 0.15) is 39.3 Å². The van der Waals surface area contributed by atoms with Crippen molar-refractivity contribution in [3.8, 4) is 0 Å². The lowest BCUT2D eigenvalue weighted by atomic mass is 10.0. The maximum atomic E-state index is 6.27. The summed E-state index contributed by atoms with van der Waals surface area (Å²) in [4.78, 5) is 0. The van der Waals surface area contributed by atoms with Crippen LogP contribution < -0.4 is 0 Å². The maximum absolute atomic E-state index is 6.27. The van der Waals surface area contributed by atoms with E-state index >= 15 is 0 Å². The van der Waals surface area contributed by atoms with Crippen molar-refractivity contribution in [3.63, 3.8) is 0 Å². The summed E-state index contributed by atoms with van der Waals surface area (Å²) < 4.78 is 3.18. The summed E-state index contributed by atoms with van der Waals surface area (Å²) in [5.74, 6) is 0.531. The van der Waals surface area contributed by atoms with E-state index < -0.39 is 0 Å². The number of halogens is 2. The molecule has 0 spiro atoms. The normalized spacial score (nSPS) is 13.4. The third-order valence-corrected chi connectivity index (χ3v) is 4.10. The van der Waals surface area contributed by atoms with Gasteiger partial charge in [-0.25, -0.2) is 0 Å².